The van der Waals surface area contributed by atoms with Crippen molar-refractivity contribution in [3.05, 3.63) is 0 Å². The van der Waals surface area contributed by atoms with Gasteiger partial charge in [0.05, 0.1) is 0 Å². The fourth-order valence-corrected chi connectivity index (χ4v) is 2.78. The first-order valence-electron chi connectivity index (χ1n) is 7.30. The normalized spacial score (nSPS) is 29.4. The molecule has 1 fully saturated rings. The van der Waals surface area contributed by atoms with Crippen molar-refractivity contribution in [1.29, 1.82) is 0 Å². The van der Waals surface area contributed by atoms with E-state index in [1.54, 1.807) is 0 Å². The largest absolute Gasteiger partial charge is 0.477 e. The standard InChI is InChI=1S/C14H22N2O4/c1-9-2-4-10(5-3-9)6-7-15-13(17)12-8-11(14(18)19)16-20-12/h9-10,12H,2-8H2,1H3,(H,15,17)(H,18,19). The summed E-state index contributed by atoms with van der Waals surface area (Å²) in [5, 5.41) is 15.0. The average molecular weight is 282 g/mol. The number of carbonyl (C=O) groups excluding carboxylic acids is 1. The van der Waals surface area contributed by atoms with Crippen molar-refractivity contribution in [2.45, 2.75) is 51.6 Å². The van der Waals surface area contributed by atoms with Crippen LogP contribution in [0.1, 0.15) is 45.4 Å². The smallest absolute Gasteiger partial charge is 0.353 e. The van der Waals surface area contributed by atoms with Gasteiger partial charge in [-0.25, -0.2) is 4.79 Å². The van der Waals surface area contributed by atoms with Crippen LogP contribution in [-0.2, 0) is 14.4 Å². The van der Waals surface area contributed by atoms with Gasteiger partial charge < -0.3 is 15.3 Å². The Hall–Kier alpha value is -1.59. The van der Waals surface area contributed by atoms with Crippen LogP contribution in [0.4, 0.5) is 0 Å². The van der Waals surface area contributed by atoms with E-state index in [0.29, 0.717) is 12.5 Å². The Morgan fingerprint density at radius 2 is 2.05 bits per heavy atom. The first kappa shape index (κ1) is 14.8. The number of aliphatic carboxylic acids is 1. The summed E-state index contributed by atoms with van der Waals surface area (Å²) in [5.74, 6) is 0.131. The minimum absolute atomic E-state index is 0.0438. The number of amides is 1. The molecule has 2 rings (SSSR count). The molecular weight excluding hydrogens is 260 g/mol. The van der Waals surface area contributed by atoms with Gasteiger partial charge in [0, 0.05) is 13.0 Å². The molecule has 0 bridgehead atoms. The highest BCUT2D eigenvalue weighted by atomic mass is 16.6. The van der Waals surface area contributed by atoms with Crippen LogP contribution in [0.2, 0.25) is 0 Å². The lowest BCUT2D eigenvalue weighted by Gasteiger charge is -2.26. The van der Waals surface area contributed by atoms with Crippen LogP contribution in [-0.4, -0.2) is 35.3 Å². The molecule has 112 valence electrons. The topological polar surface area (TPSA) is 88.0 Å². The van der Waals surface area contributed by atoms with E-state index < -0.39 is 12.1 Å². The van der Waals surface area contributed by atoms with Crippen molar-refractivity contribution in [3.63, 3.8) is 0 Å². The van der Waals surface area contributed by atoms with Gasteiger partial charge in [0.25, 0.3) is 5.91 Å². The van der Waals surface area contributed by atoms with Crippen LogP contribution in [0.25, 0.3) is 0 Å². The van der Waals surface area contributed by atoms with Crippen LogP contribution in [0.3, 0.4) is 0 Å². The van der Waals surface area contributed by atoms with Crippen LogP contribution >= 0.6 is 0 Å². The lowest BCUT2D eigenvalue weighted by molar-refractivity contribution is -0.131. The molecule has 0 saturated heterocycles. The van der Waals surface area contributed by atoms with E-state index in [0.717, 1.165) is 12.3 Å². The van der Waals surface area contributed by atoms with Gasteiger partial charge in [0.1, 0.15) is 0 Å². The molecular formula is C14H22N2O4. The van der Waals surface area contributed by atoms with E-state index in [1.807, 2.05) is 0 Å². The Morgan fingerprint density at radius 3 is 2.65 bits per heavy atom. The van der Waals surface area contributed by atoms with Gasteiger partial charge in [-0.1, -0.05) is 37.8 Å². The van der Waals surface area contributed by atoms with E-state index >= 15 is 0 Å². The van der Waals surface area contributed by atoms with Crippen LogP contribution in [0.5, 0.6) is 0 Å². The second-order valence-corrected chi connectivity index (χ2v) is 5.85. The summed E-state index contributed by atoms with van der Waals surface area (Å²) in [5.41, 5.74) is -0.0913. The second kappa shape index (κ2) is 6.72. The van der Waals surface area contributed by atoms with E-state index in [-0.39, 0.29) is 18.0 Å². The predicted molar refractivity (Wildman–Crippen MR) is 73.3 cm³/mol. The van der Waals surface area contributed by atoms with Gasteiger partial charge in [0.15, 0.2) is 5.71 Å². The van der Waals surface area contributed by atoms with Crippen LogP contribution < -0.4 is 5.32 Å². The quantitative estimate of drug-likeness (QED) is 0.800. The summed E-state index contributed by atoms with van der Waals surface area (Å²) < 4.78 is 0. The zero-order valence-corrected chi connectivity index (χ0v) is 11.8. The van der Waals surface area contributed by atoms with Gasteiger partial charge in [-0.05, 0) is 18.3 Å². The van der Waals surface area contributed by atoms with Crippen molar-refractivity contribution >= 4 is 17.6 Å². The first-order chi connectivity index (χ1) is 9.56. The van der Waals surface area contributed by atoms with Crippen LogP contribution in [0.15, 0.2) is 5.16 Å². The molecule has 0 aromatic heterocycles. The third-order valence-corrected chi connectivity index (χ3v) is 4.20. The molecule has 1 amide bonds. The number of oxime groups is 1. The molecule has 1 aliphatic heterocycles. The summed E-state index contributed by atoms with van der Waals surface area (Å²) in [6, 6.07) is 0. The number of nitrogens with zero attached hydrogens (tertiary/aromatic N) is 1. The summed E-state index contributed by atoms with van der Waals surface area (Å²) in [4.78, 5) is 27.3. The molecule has 6 heteroatoms. The van der Waals surface area contributed by atoms with E-state index in [9.17, 15) is 9.59 Å². The molecule has 1 heterocycles. The van der Waals surface area contributed by atoms with Gasteiger partial charge in [0.2, 0.25) is 6.10 Å². The zero-order valence-electron chi connectivity index (χ0n) is 11.8. The summed E-state index contributed by atoms with van der Waals surface area (Å²) in [7, 11) is 0. The molecule has 1 aliphatic carbocycles. The molecule has 2 aliphatic rings. The molecule has 6 nitrogen and oxygen atoms in total. The fourth-order valence-electron chi connectivity index (χ4n) is 2.78. The number of carboxylic acid groups (broad SMARTS) is 1. The average Bonchev–Trinajstić information content (AvgIpc) is 2.91. The summed E-state index contributed by atoms with van der Waals surface area (Å²) in [6.07, 6.45) is 5.28. The lowest BCUT2D eigenvalue weighted by atomic mass is 9.81. The molecule has 1 saturated carbocycles. The third kappa shape index (κ3) is 3.95. The fraction of sp³-hybridized carbons (Fsp3) is 0.786. The third-order valence-electron chi connectivity index (χ3n) is 4.20. The Morgan fingerprint density at radius 1 is 1.35 bits per heavy atom. The lowest BCUT2D eigenvalue weighted by Crippen LogP contribution is -2.36. The molecule has 2 N–H and O–H groups in total. The van der Waals surface area contributed by atoms with Crippen molar-refractivity contribution in [1.82, 2.24) is 5.32 Å². The van der Waals surface area contributed by atoms with E-state index in [4.69, 9.17) is 9.94 Å². The molecule has 1 atom stereocenters. The van der Waals surface area contributed by atoms with Gasteiger partial charge in [-0.15, -0.1) is 0 Å². The van der Waals surface area contributed by atoms with Crippen molar-refractivity contribution in [2.24, 2.45) is 17.0 Å². The van der Waals surface area contributed by atoms with Gasteiger partial charge in [-0.2, -0.15) is 0 Å². The monoisotopic (exact) mass is 282 g/mol. The molecule has 0 aromatic carbocycles. The van der Waals surface area contributed by atoms with Crippen molar-refractivity contribution in [2.75, 3.05) is 6.54 Å². The van der Waals surface area contributed by atoms with Gasteiger partial charge >= 0.3 is 5.97 Å². The molecule has 1 unspecified atom stereocenters. The number of carboxylic acids is 1. The maximum atomic E-state index is 11.8. The Kier molecular flexibility index (Phi) is 4.98. The number of hydrogen-bond donors (Lipinski definition) is 2. The van der Waals surface area contributed by atoms with E-state index in [1.165, 1.54) is 25.7 Å². The van der Waals surface area contributed by atoms with E-state index in [2.05, 4.69) is 17.4 Å². The predicted octanol–water partition coefficient (Wildman–Crippen LogP) is 1.55. The first-order valence-corrected chi connectivity index (χ1v) is 7.30. The molecule has 0 aromatic rings. The van der Waals surface area contributed by atoms with Crippen molar-refractivity contribution in [3.8, 4) is 0 Å². The number of hydrogen-bond acceptors (Lipinski definition) is 4. The Bertz CT molecular complexity index is 400. The highest BCUT2D eigenvalue weighted by Crippen LogP contribution is 2.29. The minimum Gasteiger partial charge on any atom is -0.477 e. The number of carbonyl (C=O) groups is 2. The van der Waals surface area contributed by atoms with Gasteiger partial charge in [-0.3, -0.25) is 4.79 Å². The molecule has 0 spiro atoms. The zero-order chi connectivity index (χ0) is 14.5. The SMILES string of the molecule is CC1CCC(CCNC(=O)C2CC(C(=O)O)=NO2)CC1. The maximum Gasteiger partial charge on any atom is 0.353 e. The highest BCUT2D eigenvalue weighted by Gasteiger charge is 2.31. The summed E-state index contributed by atoms with van der Waals surface area (Å²) in [6.45, 7) is 2.91. The van der Waals surface area contributed by atoms with Crippen LogP contribution in [0, 0.1) is 11.8 Å². The Labute approximate surface area is 118 Å². The summed E-state index contributed by atoms with van der Waals surface area (Å²) >= 11 is 0. The molecule has 0 radical (unpaired) electrons. The van der Waals surface area contributed by atoms with Crippen molar-refractivity contribution < 1.29 is 19.5 Å². The minimum atomic E-state index is -1.13. The number of nitrogens with one attached hydrogen (secondary N) is 1. The highest BCUT2D eigenvalue weighted by molar-refractivity contribution is 6.36. The second-order valence-electron chi connectivity index (χ2n) is 5.85. The Balaban J connectivity index is 1.63. The maximum absolute atomic E-state index is 11.8. The number of rotatable bonds is 5. The molecule has 20 heavy (non-hydrogen) atoms.